The summed E-state index contributed by atoms with van der Waals surface area (Å²) in [5, 5.41) is 11.8. The Morgan fingerprint density at radius 2 is 1.71 bits per heavy atom. The maximum Gasteiger partial charge on any atom is 0.326 e. The first kappa shape index (κ1) is 9.72. The largest absolute Gasteiger partial charge is 0.493 e. The molecule has 0 saturated heterocycles. The minimum absolute atomic E-state index is 0.134. The van der Waals surface area contributed by atoms with Crippen LogP contribution >= 0.6 is 0 Å². The number of aromatic amines is 2. The molecule has 0 atom stereocenters. The molecule has 4 heteroatoms. The fourth-order valence-corrected chi connectivity index (χ4v) is 1.93. The Balaban J connectivity index is 2.24. The summed E-state index contributed by atoms with van der Waals surface area (Å²) in [5.74, 6) is -0.134. The van der Waals surface area contributed by atoms with Crippen LogP contribution in [0.1, 0.15) is 0 Å². The normalized spacial score (nSPS) is 10.8. The first-order chi connectivity index (χ1) is 8.24. The standard InChI is InChI=1S/C13H10N2O2/c16-12-11(14-13(17)15-12)10-6-5-8-3-1-2-4-9(8)7-10/h1-7,16H,(H2,14,15,17). The number of imidazole rings is 1. The Morgan fingerprint density at radius 3 is 2.41 bits per heavy atom. The number of aromatic hydroxyl groups is 1. The molecule has 0 spiro atoms. The van der Waals surface area contributed by atoms with Crippen LogP contribution in [0, 0.1) is 0 Å². The maximum absolute atomic E-state index is 11.1. The SMILES string of the molecule is O=c1[nH]c(O)c(-c2ccc3ccccc3c2)[nH]1. The van der Waals surface area contributed by atoms with Crippen molar-refractivity contribution in [3.05, 3.63) is 52.9 Å². The van der Waals surface area contributed by atoms with Crippen molar-refractivity contribution in [3.8, 4) is 17.1 Å². The van der Waals surface area contributed by atoms with E-state index in [1.165, 1.54) is 0 Å². The lowest BCUT2D eigenvalue weighted by Crippen LogP contribution is -1.99. The van der Waals surface area contributed by atoms with Gasteiger partial charge in [-0.2, -0.15) is 0 Å². The van der Waals surface area contributed by atoms with Gasteiger partial charge in [-0.15, -0.1) is 0 Å². The quantitative estimate of drug-likeness (QED) is 0.595. The molecule has 1 aromatic heterocycles. The highest BCUT2D eigenvalue weighted by Gasteiger charge is 2.08. The third-order valence-corrected chi connectivity index (χ3v) is 2.75. The third kappa shape index (κ3) is 1.59. The van der Waals surface area contributed by atoms with E-state index >= 15 is 0 Å². The van der Waals surface area contributed by atoms with Crippen molar-refractivity contribution in [3.63, 3.8) is 0 Å². The summed E-state index contributed by atoms with van der Waals surface area (Å²) in [6, 6.07) is 13.7. The molecule has 0 amide bonds. The van der Waals surface area contributed by atoms with Gasteiger partial charge in [-0.1, -0.05) is 36.4 Å². The number of aromatic nitrogens is 2. The molecule has 3 rings (SSSR count). The molecule has 0 saturated carbocycles. The molecular formula is C13H10N2O2. The predicted molar refractivity (Wildman–Crippen MR) is 66.0 cm³/mol. The van der Waals surface area contributed by atoms with Gasteiger partial charge in [0.2, 0.25) is 5.88 Å². The lowest BCUT2D eigenvalue weighted by molar-refractivity contribution is 0.457. The number of rotatable bonds is 1. The van der Waals surface area contributed by atoms with Gasteiger partial charge in [-0.05, 0) is 16.8 Å². The Hall–Kier alpha value is -2.49. The summed E-state index contributed by atoms with van der Waals surface area (Å²) >= 11 is 0. The monoisotopic (exact) mass is 226 g/mol. The van der Waals surface area contributed by atoms with Crippen LogP contribution in [0.2, 0.25) is 0 Å². The predicted octanol–water partition coefficient (Wildman–Crippen LogP) is 2.23. The second kappa shape index (κ2) is 3.52. The summed E-state index contributed by atoms with van der Waals surface area (Å²) < 4.78 is 0. The summed E-state index contributed by atoms with van der Waals surface area (Å²) in [6.45, 7) is 0. The highest BCUT2D eigenvalue weighted by molar-refractivity contribution is 5.87. The molecule has 0 aliphatic rings. The van der Waals surface area contributed by atoms with Gasteiger partial charge in [0.05, 0.1) is 0 Å². The van der Waals surface area contributed by atoms with Crippen LogP contribution in [-0.2, 0) is 0 Å². The molecule has 4 nitrogen and oxygen atoms in total. The molecule has 17 heavy (non-hydrogen) atoms. The Morgan fingerprint density at radius 1 is 0.941 bits per heavy atom. The zero-order chi connectivity index (χ0) is 11.8. The van der Waals surface area contributed by atoms with E-state index < -0.39 is 5.69 Å². The van der Waals surface area contributed by atoms with Crippen molar-refractivity contribution >= 4 is 10.8 Å². The van der Waals surface area contributed by atoms with Gasteiger partial charge in [0.25, 0.3) is 0 Å². The Bertz CT molecular complexity index is 740. The lowest BCUT2D eigenvalue weighted by Gasteiger charge is -2.01. The lowest BCUT2D eigenvalue weighted by atomic mass is 10.1. The van der Waals surface area contributed by atoms with Gasteiger partial charge in [0.15, 0.2) is 0 Å². The second-order valence-electron chi connectivity index (χ2n) is 3.86. The maximum atomic E-state index is 11.1. The summed E-state index contributed by atoms with van der Waals surface area (Å²) in [6.07, 6.45) is 0. The van der Waals surface area contributed by atoms with Crippen LogP contribution in [0.5, 0.6) is 5.88 Å². The minimum Gasteiger partial charge on any atom is -0.493 e. The molecule has 3 aromatic rings. The van der Waals surface area contributed by atoms with E-state index in [1.54, 1.807) is 0 Å². The van der Waals surface area contributed by atoms with Crippen molar-refractivity contribution < 1.29 is 5.11 Å². The van der Waals surface area contributed by atoms with Crippen molar-refractivity contribution in [2.24, 2.45) is 0 Å². The van der Waals surface area contributed by atoms with Crippen LogP contribution in [0.15, 0.2) is 47.3 Å². The van der Waals surface area contributed by atoms with Gasteiger partial charge in [0.1, 0.15) is 5.69 Å². The van der Waals surface area contributed by atoms with Gasteiger partial charge in [-0.3, -0.25) is 4.98 Å². The fourth-order valence-electron chi connectivity index (χ4n) is 1.93. The van der Waals surface area contributed by atoms with E-state index in [0.717, 1.165) is 16.3 Å². The van der Waals surface area contributed by atoms with Crippen molar-refractivity contribution in [1.82, 2.24) is 9.97 Å². The Kier molecular flexibility index (Phi) is 2.01. The molecule has 0 radical (unpaired) electrons. The van der Waals surface area contributed by atoms with Crippen LogP contribution in [0.3, 0.4) is 0 Å². The minimum atomic E-state index is -0.411. The summed E-state index contributed by atoms with van der Waals surface area (Å²) in [7, 11) is 0. The van der Waals surface area contributed by atoms with E-state index in [9.17, 15) is 9.90 Å². The number of benzene rings is 2. The van der Waals surface area contributed by atoms with Crippen LogP contribution in [0.4, 0.5) is 0 Å². The van der Waals surface area contributed by atoms with Gasteiger partial charge in [-0.25, -0.2) is 4.79 Å². The summed E-state index contributed by atoms with van der Waals surface area (Å²) in [4.78, 5) is 15.9. The molecular weight excluding hydrogens is 216 g/mol. The van der Waals surface area contributed by atoms with Gasteiger partial charge in [0, 0.05) is 5.56 Å². The topological polar surface area (TPSA) is 68.9 Å². The molecule has 84 valence electrons. The van der Waals surface area contributed by atoms with E-state index in [1.807, 2.05) is 42.5 Å². The second-order valence-corrected chi connectivity index (χ2v) is 3.86. The van der Waals surface area contributed by atoms with Crippen LogP contribution in [0.25, 0.3) is 22.0 Å². The first-order valence-electron chi connectivity index (χ1n) is 5.24. The van der Waals surface area contributed by atoms with Crippen LogP contribution in [-0.4, -0.2) is 15.1 Å². The molecule has 2 aromatic carbocycles. The average molecular weight is 226 g/mol. The van der Waals surface area contributed by atoms with E-state index in [0.29, 0.717) is 5.69 Å². The zero-order valence-electron chi connectivity index (χ0n) is 8.90. The third-order valence-electron chi connectivity index (χ3n) is 2.75. The van der Waals surface area contributed by atoms with Gasteiger partial charge < -0.3 is 10.1 Å². The number of H-pyrrole nitrogens is 2. The number of fused-ring (bicyclic) bond motifs is 1. The number of hydrogen-bond donors (Lipinski definition) is 3. The summed E-state index contributed by atoms with van der Waals surface area (Å²) in [5.41, 5.74) is 0.783. The van der Waals surface area contributed by atoms with E-state index in [-0.39, 0.29) is 5.88 Å². The molecule has 0 fully saturated rings. The van der Waals surface area contributed by atoms with Crippen molar-refractivity contribution in [1.29, 1.82) is 0 Å². The Labute approximate surface area is 96.6 Å². The molecule has 1 heterocycles. The number of hydrogen-bond acceptors (Lipinski definition) is 2. The van der Waals surface area contributed by atoms with Crippen molar-refractivity contribution in [2.75, 3.05) is 0 Å². The number of nitrogens with one attached hydrogen (secondary N) is 2. The highest BCUT2D eigenvalue weighted by atomic mass is 16.3. The average Bonchev–Trinajstić information content (AvgIpc) is 2.68. The van der Waals surface area contributed by atoms with Gasteiger partial charge >= 0.3 is 5.69 Å². The van der Waals surface area contributed by atoms with E-state index in [4.69, 9.17) is 0 Å². The molecule has 0 unspecified atom stereocenters. The van der Waals surface area contributed by atoms with Crippen molar-refractivity contribution in [2.45, 2.75) is 0 Å². The molecule has 0 aliphatic heterocycles. The van der Waals surface area contributed by atoms with Crippen LogP contribution < -0.4 is 5.69 Å². The first-order valence-corrected chi connectivity index (χ1v) is 5.24. The highest BCUT2D eigenvalue weighted by Crippen LogP contribution is 2.26. The molecule has 0 aliphatic carbocycles. The van der Waals surface area contributed by atoms with E-state index in [2.05, 4.69) is 9.97 Å². The smallest absolute Gasteiger partial charge is 0.326 e. The fraction of sp³-hybridized carbons (Fsp3) is 0. The zero-order valence-corrected chi connectivity index (χ0v) is 8.90. The molecule has 0 bridgehead atoms. The molecule has 3 N–H and O–H groups in total.